The average Bonchev–Trinajstić information content (AvgIpc) is 2.87. The molecule has 0 aliphatic carbocycles. The second-order valence-electron chi connectivity index (χ2n) is 5.72. The van der Waals surface area contributed by atoms with Crippen molar-refractivity contribution in [3.63, 3.8) is 0 Å². The molecule has 1 unspecified atom stereocenters. The highest BCUT2D eigenvalue weighted by molar-refractivity contribution is 9.10. The fourth-order valence-electron chi connectivity index (χ4n) is 2.71. The molecule has 2 rings (SSSR count). The Morgan fingerprint density at radius 2 is 2.10 bits per heavy atom. The first-order chi connectivity index (χ1) is 9.78. The molecule has 1 heterocycles. The van der Waals surface area contributed by atoms with Crippen LogP contribution in [0.1, 0.15) is 30.6 Å². The number of carbonyl (C=O) groups excluding carboxylic acids is 1. The number of carboxylic acid groups (broad SMARTS) is 1. The molecular formula is C15H17BrFNO3. The number of rotatable bonds is 3. The summed E-state index contributed by atoms with van der Waals surface area (Å²) in [6.07, 6.45) is 0.439. The van der Waals surface area contributed by atoms with Gasteiger partial charge in [-0.2, -0.15) is 0 Å². The van der Waals surface area contributed by atoms with Gasteiger partial charge in [0.25, 0.3) is 5.91 Å². The highest BCUT2D eigenvalue weighted by atomic mass is 79.9. The van der Waals surface area contributed by atoms with Gasteiger partial charge in [-0.25, -0.2) is 4.39 Å². The first kappa shape index (κ1) is 15.9. The Kier molecular flexibility index (Phi) is 4.37. The third-order valence-corrected chi connectivity index (χ3v) is 4.89. The van der Waals surface area contributed by atoms with Crippen LogP contribution >= 0.6 is 15.9 Å². The van der Waals surface area contributed by atoms with Crippen molar-refractivity contribution in [2.45, 2.75) is 20.3 Å². The van der Waals surface area contributed by atoms with Crippen LogP contribution in [-0.2, 0) is 4.79 Å². The Morgan fingerprint density at radius 3 is 2.57 bits per heavy atom. The predicted octanol–water partition coefficient (Wildman–Crippen LogP) is 3.16. The second-order valence-corrected chi connectivity index (χ2v) is 6.58. The van der Waals surface area contributed by atoms with Gasteiger partial charge in [-0.1, -0.05) is 13.8 Å². The average molecular weight is 358 g/mol. The summed E-state index contributed by atoms with van der Waals surface area (Å²) in [7, 11) is 0. The molecule has 1 aromatic carbocycles. The smallest absolute Gasteiger partial charge is 0.311 e. The van der Waals surface area contributed by atoms with Crippen LogP contribution in [0.2, 0.25) is 0 Å². The molecule has 6 heteroatoms. The van der Waals surface area contributed by atoms with Crippen molar-refractivity contribution in [2.75, 3.05) is 13.1 Å². The van der Waals surface area contributed by atoms with Crippen molar-refractivity contribution in [3.05, 3.63) is 34.1 Å². The van der Waals surface area contributed by atoms with Gasteiger partial charge in [-0.3, -0.25) is 9.59 Å². The molecule has 1 aliphatic heterocycles. The molecule has 0 spiro atoms. The monoisotopic (exact) mass is 357 g/mol. The lowest BCUT2D eigenvalue weighted by molar-refractivity contribution is -0.150. The van der Waals surface area contributed by atoms with Gasteiger partial charge in [0.05, 0.1) is 9.89 Å². The summed E-state index contributed by atoms with van der Waals surface area (Å²) in [6.45, 7) is 4.30. The molecule has 1 amide bonds. The third-order valence-electron chi connectivity index (χ3n) is 4.29. The normalized spacial score (nSPS) is 21.9. The summed E-state index contributed by atoms with van der Waals surface area (Å²) in [6, 6.07) is 4.06. The molecule has 1 atom stereocenters. The highest BCUT2D eigenvalue weighted by Crippen LogP contribution is 2.38. The third kappa shape index (κ3) is 2.81. The summed E-state index contributed by atoms with van der Waals surface area (Å²) in [5.74, 6) is -1.63. The summed E-state index contributed by atoms with van der Waals surface area (Å²) in [5, 5.41) is 9.49. The number of benzene rings is 1. The van der Waals surface area contributed by atoms with Crippen LogP contribution in [0.3, 0.4) is 0 Å². The van der Waals surface area contributed by atoms with Crippen LogP contribution in [0.4, 0.5) is 4.39 Å². The maximum Gasteiger partial charge on any atom is 0.311 e. The molecule has 0 aromatic heterocycles. The number of carboxylic acids is 1. The molecule has 21 heavy (non-hydrogen) atoms. The summed E-state index contributed by atoms with van der Waals surface area (Å²) < 4.78 is 13.4. The molecule has 0 saturated carbocycles. The van der Waals surface area contributed by atoms with Crippen molar-refractivity contribution in [3.8, 4) is 0 Å². The van der Waals surface area contributed by atoms with Crippen LogP contribution in [-0.4, -0.2) is 35.0 Å². The minimum absolute atomic E-state index is 0.0623. The van der Waals surface area contributed by atoms with Crippen LogP contribution in [0.5, 0.6) is 0 Å². The highest BCUT2D eigenvalue weighted by Gasteiger charge is 2.48. The van der Waals surface area contributed by atoms with Gasteiger partial charge < -0.3 is 10.0 Å². The van der Waals surface area contributed by atoms with Crippen LogP contribution < -0.4 is 0 Å². The van der Waals surface area contributed by atoms with E-state index in [2.05, 4.69) is 15.9 Å². The number of aliphatic carboxylic acids is 1. The van der Waals surface area contributed by atoms with E-state index >= 15 is 0 Å². The second kappa shape index (κ2) is 5.75. The van der Waals surface area contributed by atoms with E-state index in [4.69, 9.17) is 0 Å². The number of nitrogens with zero attached hydrogens (tertiary/aromatic N) is 1. The van der Waals surface area contributed by atoms with E-state index < -0.39 is 17.2 Å². The number of amides is 1. The number of hydrogen-bond donors (Lipinski definition) is 1. The molecule has 0 radical (unpaired) electrons. The molecular weight excluding hydrogens is 341 g/mol. The van der Waals surface area contributed by atoms with E-state index in [1.54, 1.807) is 0 Å². The predicted molar refractivity (Wildman–Crippen MR) is 79.5 cm³/mol. The zero-order valence-corrected chi connectivity index (χ0v) is 13.5. The van der Waals surface area contributed by atoms with Gasteiger partial charge in [0.2, 0.25) is 0 Å². The maximum atomic E-state index is 13.2. The number of hydrogen-bond acceptors (Lipinski definition) is 2. The molecule has 1 aliphatic rings. The van der Waals surface area contributed by atoms with Gasteiger partial charge in [0, 0.05) is 18.7 Å². The first-order valence-corrected chi connectivity index (χ1v) is 7.55. The van der Waals surface area contributed by atoms with Gasteiger partial charge in [0.15, 0.2) is 0 Å². The molecule has 0 bridgehead atoms. The van der Waals surface area contributed by atoms with E-state index in [-0.39, 0.29) is 22.8 Å². The topological polar surface area (TPSA) is 57.6 Å². The lowest BCUT2D eigenvalue weighted by Gasteiger charge is -2.28. The lowest BCUT2D eigenvalue weighted by atomic mass is 9.76. The largest absolute Gasteiger partial charge is 0.481 e. The Labute approximate surface area is 131 Å². The van der Waals surface area contributed by atoms with Gasteiger partial charge in [-0.15, -0.1) is 0 Å². The fraction of sp³-hybridized carbons (Fsp3) is 0.467. The molecule has 1 N–H and O–H groups in total. The number of halogens is 2. The van der Waals surface area contributed by atoms with Crippen molar-refractivity contribution in [1.29, 1.82) is 0 Å². The first-order valence-electron chi connectivity index (χ1n) is 6.75. The molecule has 4 nitrogen and oxygen atoms in total. The lowest BCUT2D eigenvalue weighted by Crippen LogP contribution is -2.40. The Bertz CT molecular complexity index is 590. The molecule has 1 saturated heterocycles. The minimum Gasteiger partial charge on any atom is -0.481 e. The van der Waals surface area contributed by atoms with Gasteiger partial charge in [-0.05, 0) is 46.5 Å². The van der Waals surface area contributed by atoms with Crippen molar-refractivity contribution in [2.24, 2.45) is 11.3 Å². The quantitative estimate of drug-likeness (QED) is 0.903. The Balaban J connectivity index is 2.22. The van der Waals surface area contributed by atoms with E-state index in [1.165, 1.54) is 23.1 Å². The number of carbonyl (C=O) groups is 2. The molecule has 1 fully saturated rings. The van der Waals surface area contributed by atoms with E-state index in [0.717, 1.165) is 0 Å². The van der Waals surface area contributed by atoms with E-state index in [9.17, 15) is 19.1 Å². The van der Waals surface area contributed by atoms with Gasteiger partial charge >= 0.3 is 5.97 Å². The zero-order chi connectivity index (χ0) is 15.8. The van der Waals surface area contributed by atoms with Crippen LogP contribution in [0.15, 0.2) is 22.7 Å². The molecule has 114 valence electrons. The summed E-state index contributed by atoms with van der Waals surface area (Å²) in [4.78, 5) is 25.5. The van der Waals surface area contributed by atoms with Crippen molar-refractivity contribution >= 4 is 27.8 Å². The standard InChI is InChI=1S/C15H17BrFNO3/c1-9(2)15(14(20)21)5-6-18(8-15)13(19)10-3-4-12(17)11(16)7-10/h3-4,7,9H,5-6,8H2,1-2H3,(H,20,21). The van der Waals surface area contributed by atoms with Crippen molar-refractivity contribution in [1.82, 2.24) is 4.90 Å². The summed E-state index contributed by atoms with van der Waals surface area (Å²) >= 11 is 3.05. The van der Waals surface area contributed by atoms with Crippen LogP contribution in [0.25, 0.3) is 0 Å². The van der Waals surface area contributed by atoms with E-state index in [0.29, 0.717) is 18.5 Å². The fourth-order valence-corrected chi connectivity index (χ4v) is 3.09. The number of likely N-dealkylation sites (tertiary alicyclic amines) is 1. The van der Waals surface area contributed by atoms with Crippen molar-refractivity contribution < 1.29 is 19.1 Å². The maximum absolute atomic E-state index is 13.2. The minimum atomic E-state index is -0.896. The Hall–Kier alpha value is -1.43. The van der Waals surface area contributed by atoms with Crippen LogP contribution in [0, 0.1) is 17.2 Å². The van der Waals surface area contributed by atoms with Gasteiger partial charge in [0.1, 0.15) is 5.82 Å². The molecule has 1 aromatic rings. The zero-order valence-electron chi connectivity index (χ0n) is 11.9. The summed E-state index contributed by atoms with van der Waals surface area (Å²) in [5.41, 5.74) is -0.541. The van der Waals surface area contributed by atoms with E-state index in [1.807, 2.05) is 13.8 Å². The SMILES string of the molecule is CC(C)C1(C(=O)O)CCN(C(=O)c2ccc(F)c(Br)c2)C1. The Morgan fingerprint density at radius 1 is 1.43 bits per heavy atom.